The fourth-order valence-corrected chi connectivity index (χ4v) is 2.73. The second-order valence-corrected chi connectivity index (χ2v) is 6.34. The molecule has 0 saturated carbocycles. The summed E-state index contributed by atoms with van der Waals surface area (Å²) in [5.74, 6) is 0.0208. The summed E-state index contributed by atoms with van der Waals surface area (Å²) >= 11 is 6.22. The van der Waals surface area contributed by atoms with Crippen molar-refractivity contribution < 1.29 is 4.79 Å². The molecule has 1 rings (SSSR count). The molecule has 6 heteroatoms. The third kappa shape index (κ3) is 4.05. The normalized spacial score (nSPS) is 12.4. The Morgan fingerprint density at radius 1 is 1.33 bits per heavy atom. The summed E-state index contributed by atoms with van der Waals surface area (Å²) in [6, 6.07) is 0. The third-order valence-electron chi connectivity index (χ3n) is 3.88. The second-order valence-electron chi connectivity index (χ2n) is 5.93. The summed E-state index contributed by atoms with van der Waals surface area (Å²) in [5.41, 5.74) is -0.0846. The number of Topliss-reactive ketones (excluding diaryl/α,β-unsaturated/α-hetero) is 1. The Hall–Kier alpha value is -0.910. The lowest BCUT2D eigenvalue weighted by Crippen LogP contribution is -2.50. The predicted octanol–water partition coefficient (Wildman–Crippen LogP) is 2.40. The fourth-order valence-electron chi connectivity index (χ4n) is 2.50. The number of carbonyl (C=O) groups is 1. The van der Waals surface area contributed by atoms with Gasteiger partial charge in [-0.1, -0.05) is 25.4 Å². The molecule has 1 aromatic rings. The van der Waals surface area contributed by atoms with E-state index in [0.29, 0.717) is 17.3 Å². The number of aromatic nitrogens is 2. The first-order chi connectivity index (χ1) is 9.75. The Labute approximate surface area is 132 Å². The van der Waals surface area contributed by atoms with Crippen molar-refractivity contribution in [1.29, 1.82) is 0 Å². The van der Waals surface area contributed by atoms with Crippen LogP contribution < -0.4 is 0 Å². The maximum absolute atomic E-state index is 13.0. The maximum atomic E-state index is 13.0. The highest BCUT2D eigenvalue weighted by Crippen LogP contribution is 2.25. The number of likely N-dealkylation sites (N-methyl/N-ethyl adjacent to an activating group) is 2. The molecular formula is C15H27ClN4O. The number of hydrogen-bond acceptors (Lipinski definition) is 4. The van der Waals surface area contributed by atoms with Gasteiger partial charge in [-0.05, 0) is 41.0 Å². The van der Waals surface area contributed by atoms with Gasteiger partial charge >= 0.3 is 0 Å². The Kier molecular flexibility index (Phi) is 6.38. The van der Waals surface area contributed by atoms with Crippen LogP contribution in [0.3, 0.4) is 0 Å². The van der Waals surface area contributed by atoms with Gasteiger partial charge in [-0.25, -0.2) is 0 Å². The molecule has 1 aromatic heterocycles. The molecule has 0 saturated heterocycles. The van der Waals surface area contributed by atoms with Crippen LogP contribution in [0.25, 0.3) is 0 Å². The highest BCUT2D eigenvalue weighted by atomic mass is 35.5. The Bertz CT molecular complexity index is 478. The van der Waals surface area contributed by atoms with Gasteiger partial charge in [0.15, 0.2) is 0 Å². The highest BCUT2D eigenvalue weighted by Gasteiger charge is 2.36. The molecule has 0 N–H and O–H groups in total. The van der Waals surface area contributed by atoms with E-state index >= 15 is 0 Å². The van der Waals surface area contributed by atoms with Gasteiger partial charge in [0.2, 0.25) is 5.78 Å². The molecule has 0 unspecified atom stereocenters. The molecule has 5 nitrogen and oxygen atoms in total. The molecule has 120 valence electrons. The van der Waals surface area contributed by atoms with Gasteiger partial charge in [0, 0.05) is 6.54 Å². The van der Waals surface area contributed by atoms with Gasteiger partial charge in [-0.15, -0.1) is 0 Å². The van der Waals surface area contributed by atoms with Gasteiger partial charge in [0.05, 0.1) is 23.3 Å². The molecule has 0 aliphatic rings. The molecule has 0 spiro atoms. The Morgan fingerprint density at radius 3 is 2.38 bits per heavy atom. The lowest BCUT2D eigenvalue weighted by Gasteiger charge is -2.35. The van der Waals surface area contributed by atoms with Crippen LogP contribution in [0.5, 0.6) is 0 Å². The summed E-state index contributed by atoms with van der Waals surface area (Å²) in [4.78, 5) is 17.2. The summed E-state index contributed by atoms with van der Waals surface area (Å²) < 4.78 is 1.72. The molecule has 0 aromatic carbocycles. The van der Waals surface area contributed by atoms with E-state index in [1.807, 2.05) is 27.9 Å². The lowest BCUT2D eigenvalue weighted by molar-refractivity contribution is 0.0656. The number of nitrogens with zero attached hydrogens (tertiary/aromatic N) is 4. The van der Waals surface area contributed by atoms with Crippen molar-refractivity contribution in [2.75, 3.05) is 33.7 Å². The first-order valence-corrected chi connectivity index (χ1v) is 7.79. The van der Waals surface area contributed by atoms with E-state index in [4.69, 9.17) is 11.6 Å². The number of ketones is 1. The van der Waals surface area contributed by atoms with Gasteiger partial charge in [-0.3, -0.25) is 14.4 Å². The minimum Gasteiger partial charge on any atom is -0.308 e. The molecule has 0 aliphatic heterocycles. The van der Waals surface area contributed by atoms with Crippen LogP contribution in [-0.2, 0) is 6.54 Å². The van der Waals surface area contributed by atoms with E-state index in [9.17, 15) is 4.79 Å². The zero-order valence-corrected chi connectivity index (χ0v) is 14.7. The zero-order valence-electron chi connectivity index (χ0n) is 14.0. The number of rotatable bonds is 8. The van der Waals surface area contributed by atoms with Crippen molar-refractivity contribution in [3.63, 3.8) is 0 Å². The Morgan fingerprint density at radius 2 is 1.90 bits per heavy atom. The number of carbonyl (C=O) groups excluding carboxylic acids is 1. The molecule has 21 heavy (non-hydrogen) atoms. The van der Waals surface area contributed by atoms with Crippen molar-refractivity contribution in [2.45, 2.75) is 39.8 Å². The minimum atomic E-state index is -0.594. The van der Waals surface area contributed by atoms with Crippen LogP contribution >= 0.6 is 11.6 Å². The van der Waals surface area contributed by atoms with Gasteiger partial charge in [-0.2, -0.15) is 5.10 Å². The van der Waals surface area contributed by atoms with Crippen LogP contribution in [0.2, 0.25) is 5.02 Å². The van der Waals surface area contributed by atoms with Crippen molar-refractivity contribution in [2.24, 2.45) is 0 Å². The summed E-state index contributed by atoms with van der Waals surface area (Å²) in [5, 5.41) is 4.68. The van der Waals surface area contributed by atoms with E-state index in [2.05, 4.69) is 28.7 Å². The van der Waals surface area contributed by atoms with Crippen LogP contribution in [0, 0.1) is 0 Å². The van der Waals surface area contributed by atoms with Crippen molar-refractivity contribution in [3.8, 4) is 0 Å². The summed E-state index contributed by atoms with van der Waals surface area (Å²) in [6.45, 7) is 11.1. The topological polar surface area (TPSA) is 41.4 Å². The molecule has 1 heterocycles. The average molecular weight is 315 g/mol. The summed E-state index contributed by atoms with van der Waals surface area (Å²) in [6.07, 6.45) is 1.56. The monoisotopic (exact) mass is 314 g/mol. The Balaban J connectivity index is 3.09. The largest absolute Gasteiger partial charge is 0.308 e. The highest BCUT2D eigenvalue weighted by molar-refractivity contribution is 6.34. The van der Waals surface area contributed by atoms with E-state index in [1.165, 1.54) is 0 Å². The molecule has 0 aliphatic carbocycles. The zero-order chi connectivity index (χ0) is 16.2. The van der Waals surface area contributed by atoms with Crippen LogP contribution in [-0.4, -0.2) is 64.6 Å². The van der Waals surface area contributed by atoms with E-state index in [-0.39, 0.29) is 5.78 Å². The van der Waals surface area contributed by atoms with Crippen LogP contribution in [0.15, 0.2) is 6.20 Å². The predicted molar refractivity (Wildman–Crippen MR) is 87.1 cm³/mol. The molecule has 0 fully saturated rings. The lowest BCUT2D eigenvalue weighted by atomic mass is 9.94. The van der Waals surface area contributed by atoms with E-state index in [1.54, 1.807) is 10.9 Å². The number of halogens is 1. The first kappa shape index (κ1) is 18.1. The molecular weight excluding hydrogens is 288 g/mol. The first-order valence-electron chi connectivity index (χ1n) is 7.41. The molecule has 0 amide bonds. The van der Waals surface area contributed by atoms with Crippen LogP contribution in [0.4, 0.5) is 0 Å². The van der Waals surface area contributed by atoms with Gasteiger partial charge < -0.3 is 4.90 Å². The van der Waals surface area contributed by atoms with E-state index < -0.39 is 5.54 Å². The van der Waals surface area contributed by atoms with Crippen molar-refractivity contribution in [3.05, 3.63) is 16.9 Å². The van der Waals surface area contributed by atoms with Crippen molar-refractivity contribution in [1.82, 2.24) is 19.6 Å². The average Bonchev–Trinajstić information content (AvgIpc) is 2.77. The standard InChI is InChI=1S/C15H27ClN4O/c1-7-19(8-2)15(3,4)14(21)13-12(16)11-17-20(13)10-9-18(5)6/h11H,7-10H2,1-6H3. The third-order valence-corrected chi connectivity index (χ3v) is 4.16. The summed E-state index contributed by atoms with van der Waals surface area (Å²) in [7, 11) is 3.99. The number of hydrogen-bond donors (Lipinski definition) is 0. The SMILES string of the molecule is CCN(CC)C(C)(C)C(=O)c1c(Cl)cnn1CCN(C)C. The molecule has 0 bridgehead atoms. The van der Waals surface area contributed by atoms with Gasteiger partial charge in [0.1, 0.15) is 5.69 Å². The molecule has 0 atom stereocenters. The second kappa shape index (κ2) is 7.38. The van der Waals surface area contributed by atoms with E-state index in [0.717, 1.165) is 19.6 Å². The van der Waals surface area contributed by atoms with Crippen LogP contribution in [0.1, 0.15) is 38.2 Å². The minimum absolute atomic E-state index is 0.0208. The molecule has 0 radical (unpaired) electrons. The quantitative estimate of drug-likeness (QED) is 0.691. The maximum Gasteiger partial charge on any atom is 0.201 e. The van der Waals surface area contributed by atoms with Crippen molar-refractivity contribution >= 4 is 17.4 Å². The smallest absolute Gasteiger partial charge is 0.201 e. The van der Waals surface area contributed by atoms with Gasteiger partial charge in [0.25, 0.3) is 0 Å². The fraction of sp³-hybridized carbons (Fsp3) is 0.733.